The van der Waals surface area contributed by atoms with Gasteiger partial charge < -0.3 is 14.6 Å². The van der Waals surface area contributed by atoms with Gasteiger partial charge in [-0.3, -0.25) is 9.69 Å². The summed E-state index contributed by atoms with van der Waals surface area (Å²) in [4.78, 5) is 21.5. The number of pyridine rings is 1. The summed E-state index contributed by atoms with van der Waals surface area (Å²) in [5.41, 5.74) is 3.70. The number of rotatable bonds is 6. The van der Waals surface area contributed by atoms with Crippen LogP contribution in [-0.2, 0) is 0 Å². The number of tetrazole rings is 1. The first kappa shape index (κ1) is 23.7. The van der Waals surface area contributed by atoms with Crippen molar-refractivity contribution in [3.8, 4) is 5.75 Å². The number of para-hydroxylation sites is 1. The van der Waals surface area contributed by atoms with E-state index in [-0.39, 0.29) is 17.6 Å². The lowest BCUT2D eigenvalue weighted by molar-refractivity contribution is 0.197. The molecule has 192 valence electrons. The fraction of sp³-hybridized carbons (Fsp3) is 0.429. The number of aryl methyl sites for hydroxylation is 1. The van der Waals surface area contributed by atoms with E-state index in [0.717, 1.165) is 72.7 Å². The summed E-state index contributed by atoms with van der Waals surface area (Å²) in [6.07, 6.45) is 4.51. The van der Waals surface area contributed by atoms with Crippen LogP contribution in [0, 0.1) is 6.92 Å². The Hall–Kier alpha value is -3.72. The summed E-state index contributed by atoms with van der Waals surface area (Å²) in [5, 5.41) is 14.1. The van der Waals surface area contributed by atoms with Crippen LogP contribution in [0.1, 0.15) is 54.7 Å². The van der Waals surface area contributed by atoms with Crippen molar-refractivity contribution in [2.45, 2.75) is 44.7 Å². The van der Waals surface area contributed by atoms with E-state index < -0.39 is 0 Å². The van der Waals surface area contributed by atoms with Crippen molar-refractivity contribution in [2.24, 2.45) is 0 Å². The summed E-state index contributed by atoms with van der Waals surface area (Å²) >= 11 is 0. The molecule has 0 radical (unpaired) electrons. The SMILES string of the molecule is COc1cccc(N2CCN(C(c3cc4cccc(C)c4[nH]c3=O)c3nnnn3C3CCCC3)CC2)c1. The summed E-state index contributed by atoms with van der Waals surface area (Å²) in [6.45, 7) is 5.25. The van der Waals surface area contributed by atoms with E-state index in [9.17, 15) is 4.79 Å². The van der Waals surface area contributed by atoms with Crippen LogP contribution < -0.4 is 15.2 Å². The van der Waals surface area contributed by atoms with Gasteiger partial charge in [0.25, 0.3) is 5.56 Å². The van der Waals surface area contributed by atoms with Gasteiger partial charge in [0.05, 0.1) is 18.7 Å². The molecule has 2 aromatic heterocycles. The van der Waals surface area contributed by atoms with Crippen molar-refractivity contribution in [3.63, 3.8) is 0 Å². The van der Waals surface area contributed by atoms with Gasteiger partial charge in [-0.2, -0.15) is 0 Å². The average molecular weight is 500 g/mol. The first-order chi connectivity index (χ1) is 18.1. The number of piperazine rings is 1. The highest BCUT2D eigenvalue weighted by molar-refractivity contribution is 5.82. The number of ether oxygens (including phenoxy) is 1. The molecule has 0 bridgehead atoms. The van der Waals surface area contributed by atoms with Crippen molar-refractivity contribution in [2.75, 3.05) is 38.2 Å². The van der Waals surface area contributed by atoms with Crippen molar-refractivity contribution < 1.29 is 4.74 Å². The molecule has 2 aromatic carbocycles. The molecule has 9 nitrogen and oxygen atoms in total. The third-order valence-corrected chi connectivity index (χ3v) is 7.94. The van der Waals surface area contributed by atoms with Gasteiger partial charge >= 0.3 is 0 Å². The van der Waals surface area contributed by atoms with Gasteiger partial charge in [0.15, 0.2) is 5.82 Å². The van der Waals surface area contributed by atoms with E-state index in [1.54, 1.807) is 7.11 Å². The fourth-order valence-electron chi connectivity index (χ4n) is 5.94. The van der Waals surface area contributed by atoms with Gasteiger partial charge in [0.2, 0.25) is 0 Å². The number of hydrogen-bond acceptors (Lipinski definition) is 7. The smallest absolute Gasteiger partial charge is 0.253 e. The molecule has 0 amide bonds. The number of nitrogens with zero attached hydrogens (tertiary/aromatic N) is 6. The van der Waals surface area contributed by atoms with Crippen LogP contribution in [0.25, 0.3) is 10.9 Å². The predicted octanol–water partition coefficient (Wildman–Crippen LogP) is 3.86. The average Bonchev–Trinajstić information content (AvgIpc) is 3.63. The first-order valence-electron chi connectivity index (χ1n) is 13.2. The number of aromatic nitrogens is 5. The molecular weight excluding hydrogens is 466 g/mol. The zero-order valence-corrected chi connectivity index (χ0v) is 21.4. The lowest BCUT2D eigenvalue weighted by Gasteiger charge is -2.40. The van der Waals surface area contributed by atoms with E-state index in [2.05, 4.69) is 48.5 Å². The Balaban J connectivity index is 1.38. The second kappa shape index (κ2) is 9.97. The molecule has 1 aliphatic heterocycles. The van der Waals surface area contributed by atoms with E-state index in [4.69, 9.17) is 4.74 Å². The Morgan fingerprint density at radius 1 is 1.03 bits per heavy atom. The zero-order valence-electron chi connectivity index (χ0n) is 21.4. The van der Waals surface area contributed by atoms with Crippen molar-refractivity contribution in [3.05, 3.63) is 75.8 Å². The molecule has 1 saturated heterocycles. The van der Waals surface area contributed by atoms with Crippen LogP contribution in [0.2, 0.25) is 0 Å². The molecule has 2 fully saturated rings. The number of aromatic amines is 1. The molecule has 9 heteroatoms. The molecule has 37 heavy (non-hydrogen) atoms. The Morgan fingerprint density at radius 2 is 1.81 bits per heavy atom. The number of anilines is 1. The normalized spacial score (nSPS) is 17.9. The fourth-order valence-corrected chi connectivity index (χ4v) is 5.94. The monoisotopic (exact) mass is 499 g/mol. The second-order valence-corrected chi connectivity index (χ2v) is 10.1. The molecule has 4 aromatic rings. The molecular formula is C28H33N7O2. The van der Waals surface area contributed by atoms with E-state index in [0.29, 0.717) is 5.56 Å². The van der Waals surface area contributed by atoms with Crippen molar-refractivity contribution >= 4 is 16.6 Å². The molecule has 2 aliphatic rings. The van der Waals surface area contributed by atoms with Gasteiger partial charge in [-0.25, -0.2) is 4.68 Å². The third-order valence-electron chi connectivity index (χ3n) is 7.94. The number of hydrogen-bond donors (Lipinski definition) is 1. The highest BCUT2D eigenvalue weighted by Gasteiger charge is 2.34. The van der Waals surface area contributed by atoms with Crippen LogP contribution in [0.5, 0.6) is 5.75 Å². The highest BCUT2D eigenvalue weighted by atomic mass is 16.5. The maximum atomic E-state index is 13.6. The second-order valence-electron chi connectivity index (χ2n) is 10.1. The summed E-state index contributed by atoms with van der Waals surface area (Å²) in [6, 6.07) is 16.3. The molecule has 1 atom stereocenters. The number of benzene rings is 2. The first-order valence-corrected chi connectivity index (χ1v) is 13.2. The lowest BCUT2D eigenvalue weighted by Crippen LogP contribution is -2.49. The van der Waals surface area contributed by atoms with Gasteiger partial charge in [0, 0.05) is 43.5 Å². The molecule has 1 saturated carbocycles. The van der Waals surface area contributed by atoms with Gasteiger partial charge in [-0.15, -0.1) is 5.10 Å². The topological polar surface area (TPSA) is 92.2 Å². The minimum absolute atomic E-state index is 0.0806. The molecule has 1 N–H and O–H groups in total. The maximum absolute atomic E-state index is 13.6. The largest absolute Gasteiger partial charge is 0.497 e. The summed E-state index contributed by atoms with van der Waals surface area (Å²) in [5.74, 6) is 1.62. The number of nitrogens with one attached hydrogen (secondary N) is 1. The highest BCUT2D eigenvalue weighted by Crippen LogP contribution is 2.34. The molecule has 1 unspecified atom stereocenters. The maximum Gasteiger partial charge on any atom is 0.253 e. The Kier molecular flexibility index (Phi) is 6.38. The summed E-state index contributed by atoms with van der Waals surface area (Å²) in [7, 11) is 1.69. The molecule has 1 aliphatic carbocycles. The molecule has 0 spiro atoms. The van der Waals surface area contributed by atoms with E-state index in [1.165, 1.54) is 12.8 Å². The van der Waals surface area contributed by atoms with Crippen LogP contribution in [0.15, 0.2) is 53.3 Å². The minimum atomic E-state index is -0.322. The van der Waals surface area contributed by atoms with E-state index >= 15 is 0 Å². The van der Waals surface area contributed by atoms with Crippen molar-refractivity contribution in [1.29, 1.82) is 0 Å². The lowest BCUT2D eigenvalue weighted by atomic mass is 10.0. The van der Waals surface area contributed by atoms with Crippen molar-refractivity contribution in [1.82, 2.24) is 30.1 Å². The molecule has 6 rings (SSSR count). The summed E-state index contributed by atoms with van der Waals surface area (Å²) < 4.78 is 7.42. The number of methoxy groups -OCH3 is 1. The molecule has 3 heterocycles. The standard InChI is InChI=1S/C28H33N7O2/c1-19-7-5-8-20-17-24(28(36)29-25(19)20)26(27-30-31-32-35(27)21-9-3-4-10-21)34-15-13-33(14-16-34)22-11-6-12-23(18-22)37-2/h5-8,11-12,17-18,21,26H,3-4,9-10,13-16H2,1-2H3,(H,29,36). The predicted molar refractivity (Wildman–Crippen MR) is 143 cm³/mol. The van der Waals surface area contributed by atoms with Crippen LogP contribution in [-0.4, -0.2) is 63.4 Å². The number of H-pyrrole nitrogens is 1. The van der Waals surface area contributed by atoms with E-state index in [1.807, 2.05) is 41.9 Å². The van der Waals surface area contributed by atoms with Crippen LogP contribution in [0.3, 0.4) is 0 Å². The minimum Gasteiger partial charge on any atom is -0.497 e. The van der Waals surface area contributed by atoms with Gasteiger partial charge in [-0.05, 0) is 59.3 Å². The third kappa shape index (κ3) is 4.48. The zero-order chi connectivity index (χ0) is 25.4. The Labute approximate surface area is 216 Å². The Bertz CT molecular complexity index is 1450. The van der Waals surface area contributed by atoms with Crippen LogP contribution >= 0.6 is 0 Å². The Morgan fingerprint density at radius 3 is 2.59 bits per heavy atom. The van der Waals surface area contributed by atoms with Gasteiger partial charge in [-0.1, -0.05) is 37.1 Å². The quantitative estimate of drug-likeness (QED) is 0.431. The number of fused-ring (bicyclic) bond motifs is 1. The van der Waals surface area contributed by atoms with Crippen LogP contribution in [0.4, 0.5) is 5.69 Å². The van der Waals surface area contributed by atoms with Gasteiger partial charge in [0.1, 0.15) is 11.8 Å².